The first kappa shape index (κ1) is 23.9. The maximum absolute atomic E-state index is 2.79. The van der Waals surface area contributed by atoms with Gasteiger partial charge in [0, 0.05) is 10.5 Å². The normalized spacial score (nSPS) is 68.1. The van der Waals surface area contributed by atoms with Crippen LogP contribution in [0.1, 0.15) is 149 Å². The van der Waals surface area contributed by atoms with E-state index in [0.29, 0.717) is 5.41 Å². The zero-order chi connectivity index (χ0) is 25.4. The van der Waals surface area contributed by atoms with E-state index in [2.05, 4.69) is 32.5 Å². The number of hydrogen-bond donors (Lipinski definition) is 0. The Hall–Kier alpha value is 0.350. The quantitative estimate of drug-likeness (QED) is 0.341. The average molecular weight is 533 g/mol. The van der Waals surface area contributed by atoms with E-state index in [9.17, 15) is 0 Å². The van der Waals surface area contributed by atoms with Gasteiger partial charge in [0.15, 0.2) is 0 Å². The molecule has 1 saturated heterocycles. The van der Waals surface area contributed by atoms with E-state index < -0.39 is 0 Å². The second kappa shape index (κ2) is 6.94. The third-order valence-corrected chi connectivity index (χ3v) is 20.2. The summed E-state index contributed by atoms with van der Waals surface area (Å²) in [5.41, 5.74) is 5.50. The van der Waals surface area contributed by atoms with Crippen molar-refractivity contribution in [3.05, 3.63) is 0 Å². The summed E-state index contributed by atoms with van der Waals surface area (Å²) >= 11 is 2.70. The van der Waals surface area contributed by atoms with E-state index in [4.69, 9.17) is 0 Å². The third-order valence-electron chi connectivity index (χ3n) is 18.1. The summed E-state index contributed by atoms with van der Waals surface area (Å²) in [4.78, 5) is 0. The smallest absolute Gasteiger partial charge is 0.0153 e. The Balaban J connectivity index is 1.21. The van der Waals surface area contributed by atoms with Gasteiger partial charge in [-0.15, -0.1) is 0 Å². The highest BCUT2D eigenvalue weighted by atomic mass is 32.2. The molecule has 0 aromatic carbocycles. The van der Waals surface area contributed by atoms with E-state index in [1.165, 1.54) is 18.8 Å². The monoisotopic (exact) mass is 532 g/mol. The Morgan fingerprint density at radius 2 is 1.39 bits per heavy atom. The standard InChI is InChI=1S/C37H56S/c1-4-25-23-35-27(25)38-28-26-34(28)22-24(3)33(5-2)21-20-31(29(33)34)14-9-7-6-8-10-16-32(17-12-11-15-31)18-13-19-36(32)30(35)37(26,35)36/h24-30H,4-23H2,1-3H3. The molecule has 2 bridgehead atoms. The topological polar surface area (TPSA) is 0 Å². The average Bonchev–Trinajstić information content (AvgIpc) is 3.74. The van der Waals surface area contributed by atoms with E-state index in [1.807, 2.05) is 0 Å². The maximum Gasteiger partial charge on any atom is 0.0153 e. The molecule has 0 aromatic rings. The SMILES string of the molecule is CCC1CC23C1SC1C4C15CC(C)C1(CC)CCC6(CCCCCCCC7(CCCC6)CCCC76C2C436)C15. The summed E-state index contributed by atoms with van der Waals surface area (Å²) < 4.78 is 0. The van der Waals surface area contributed by atoms with Crippen molar-refractivity contribution in [2.45, 2.75) is 160 Å². The molecule has 1 heteroatoms. The molecule has 38 heavy (non-hydrogen) atoms. The van der Waals surface area contributed by atoms with Gasteiger partial charge in [0.2, 0.25) is 0 Å². The highest BCUT2D eigenvalue weighted by molar-refractivity contribution is 8.01. The van der Waals surface area contributed by atoms with Crippen molar-refractivity contribution in [3.8, 4) is 0 Å². The van der Waals surface area contributed by atoms with Crippen LogP contribution in [0.4, 0.5) is 0 Å². The molecule has 0 radical (unpaired) electrons. The first-order valence-corrected chi connectivity index (χ1v) is 19.1. The molecule has 1 aliphatic heterocycles. The lowest BCUT2D eigenvalue weighted by Gasteiger charge is -2.61. The van der Waals surface area contributed by atoms with Crippen LogP contribution in [0.15, 0.2) is 0 Å². The van der Waals surface area contributed by atoms with E-state index in [1.54, 1.807) is 116 Å². The minimum atomic E-state index is 0.704. The molecule has 1 heterocycles. The molecule has 10 rings (SSSR count). The highest BCUT2D eigenvalue weighted by Gasteiger charge is 3.13. The summed E-state index contributed by atoms with van der Waals surface area (Å²) in [6.07, 6.45) is 32.0. The van der Waals surface area contributed by atoms with Gasteiger partial charge in [-0.3, -0.25) is 0 Å². The van der Waals surface area contributed by atoms with Crippen molar-refractivity contribution in [1.29, 1.82) is 0 Å². The van der Waals surface area contributed by atoms with Crippen LogP contribution in [0.25, 0.3) is 0 Å². The molecule has 210 valence electrons. The molecule has 10 fully saturated rings. The lowest BCUT2D eigenvalue weighted by Crippen LogP contribution is -2.57. The Morgan fingerprint density at radius 1 is 0.684 bits per heavy atom. The van der Waals surface area contributed by atoms with E-state index in [0.717, 1.165) is 66.7 Å². The second-order valence-corrected chi connectivity index (χ2v) is 19.1. The maximum atomic E-state index is 2.79. The molecule has 14 atom stereocenters. The first-order valence-electron chi connectivity index (χ1n) is 18.2. The van der Waals surface area contributed by atoms with Gasteiger partial charge in [0.1, 0.15) is 0 Å². The number of fused-ring (bicyclic) bond motifs is 3. The van der Waals surface area contributed by atoms with Gasteiger partial charge >= 0.3 is 0 Å². The van der Waals surface area contributed by atoms with Crippen molar-refractivity contribution in [3.63, 3.8) is 0 Å². The Kier molecular flexibility index (Phi) is 4.36. The van der Waals surface area contributed by atoms with Gasteiger partial charge in [-0.25, -0.2) is 0 Å². The summed E-state index contributed by atoms with van der Waals surface area (Å²) in [7, 11) is 0. The molecule has 6 spiro atoms. The molecule has 0 N–H and O–H groups in total. The first-order chi connectivity index (χ1) is 18.5. The molecular formula is C37H56S. The molecule has 14 unspecified atom stereocenters. The van der Waals surface area contributed by atoms with Gasteiger partial charge in [-0.05, 0) is 138 Å². The van der Waals surface area contributed by atoms with Gasteiger partial charge in [0.05, 0.1) is 0 Å². The van der Waals surface area contributed by atoms with Crippen LogP contribution in [0.2, 0.25) is 0 Å². The van der Waals surface area contributed by atoms with Crippen LogP contribution in [-0.2, 0) is 0 Å². The molecule has 10 aliphatic rings. The van der Waals surface area contributed by atoms with Crippen molar-refractivity contribution in [2.24, 2.45) is 67.5 Å². The molecule has 0 aromatic heterocycles. The van der Waals surface area contributed by atoms with Gasteiger partial charge in [-0.2, -0.15) is 11.8 Å². The van der Waals surface area contributed by atoms with Gasteiger partial charge < -0.3 is 0 Å². The predicted octanol–water partition coefficient (Wildman–Crippen LogP) is 10.4. The van der Waals surface area contributed by atoms with Crippen LogP contribution in [0.3, 0.4) is 0 Å². The summed E-state index contributed by atoms with van der Waals surface area (Å²) in [6.45, 7) is 8.00. The minimum Gasteiger partial charge on any atom is -0.153 e. The van der Waals surface area contributed by atoms with Gasteiger partial charge in [-0.1, -0.05) is 78.6 Å². The predicted molar refractivity (Wildman–Crippen MR) is 159 cm³/mol. The fourth-order valence-electron chi connectivity index (χ4n) is 17.7. The zero-order valence-electron chi connectivity index (χ0n) is 25.1. The van der Waals surface area contributed by atoms with E-state index >= 15 is 0 Å². The van der Waals surface area contributed by atoms with Crippen molar-refractivity contribution < 1.29 is 0 Å². The Labute approximate surface area is 238 Å². The van der Waals surface area contributed by atoms with Crippen LogP contribution >= 0.6 is 11.8 Å². The Morgan fingerprint density at radius 3 is 2.18 bits per heavy atom. The third kappa shape index (κ3) is 2.01. The summed E-state index contributed by atoms with van der Waals surface area (Å²) in [5, 5.41) is 2.17. The Bertz CT molecular complexity index is 1080. The van der Waals surface area contributed by atoms with E-state index in [-0.39, 0.29) is 0 Å². The van der Waals surface area contributed by atoms with Gasteiger partial charge in [0.25, 0.3) is 0 Å². The number of rotatable bonds is 2. The van der Waals surface area contributed by atoms with Crippen LogP contribution in [0, 0.1) is 67.5 Å². The van der Waals surface area contributed by atoms with Crippen molar-refractivity contribution in [1.82, 2.24) is 0 Å². The lowest BCUT2D eigenvalue weighted by molar-refractivity contribution is -0.0716. The van der Waals surface area contributed by atoms with Crippen LogP contribution < -0.4 is 0 Å². The molecule has 0 nitrogen and oxygen atoms in total. The van der Waals surface area contributed by atoms with Crippen LogP contribution in [-0.4, -0.2) is 10.5 Å². The highest BCUT2D eigenvalue weighted by Crippen LogP contribution is 3.16. The fraction of sp³-hybridized carbons (Fsp3) is 1.00. The van der Waals surface area contributed by atoms with Crippen LogP contribution in [0.5, 0.6) is 0 Å². The molecule has 9 saturated carbocycles. The minimum absolute atomic E-state index is 0.704. The number of thioether (sulfide) groups is 1. The van der Waals surface area contributed by atoms with Crippen molar-refractivity contribution in [2.75, 3.05) is 0 Å². The number of hydrogen-bond acceptors (Lipinski definition) is 1. The summed E-state index contributed by atoms with van der Waals surface area (Å²) in [6, 6.07) is 0. The largest absolute Gasteiger partial charge is 0.153 e. The lowest BCUT2D eigenvalue weighted by atomic mass is 9.48. The second-order valence-electron chi connectivity index (χ2n) is 17.8. The van der Waals surface area contributed by atoms with Crippen molar-refractivity contribution >= 4 is 11.8 Å². The summed E-state index contributed by atoms with van der Waals surface area (Å²) in [5.74, 6) is 5.54. The zero-order valence-corrected chi connectivity index (χ0v) is 25.9. The molecule has 9 aliphatic carbocycles. The molecule has 0 amide bonds. The fourth-order valence-corrected chi connectivity index (χ4v) is 20.4. The molecular weight excluding hydrogens is 476 g/mol.